The maximum Gasteiger partial charge on any atom is 0.351 e. The Hall–Kier alpha value is -3.02. The van der Waals surface area contributed by atoms with Crippen molar-refractivity contribution in [2.24, 2.45) is 0 Å². The molecule has 0 radical (unpaired) electrons. The molecule has 0 aliphatic carbocycles. The van der Waals surface area contributed by atoms with E-state index in [4.69, 9.17) is 14.2 Å². The molecule has 0 amide bonds. The minimum absolute atomic E-state index is 0.0851. The van der Waals surface area contributed by atoms with Gasteiger partial charge in [-0.15, -0.1) is 0 Å². The number of hydrogen-bond acceptors (Lipinski definition) is 6. The lowest BCUT2D eigenvalue weighted by Crippen LogP contribution is -2.37. The second-order valence-corrected chi connectivity index (χ2v) is 5.16. The van der Waals surface area contributed by atoms with Gasteiger partial charge in [-0.3, -0.25) is 0 Å². The molecule has 1 atom stereocenters. The summed E-state index contributed by atoms with van der Waals surface area (Å²) in [5, 5.41) is 0. The topological polar surface area (TPSA) is 71.1 Å². The van der Waals surface area contributed by atoms with Crippen LogP contribution in [0.2, 0.25) is 0 Å². The van der Waals surface area contributed by atoms with Gasteiger partial charge >= 0.3 is 11.9 Å². The highest BCUT2D eigenvalue weighted by atomic mass is 16.6. The lowest BCUT2D eigenvalue weighted by Gasteiger charge is -2.24. The molecule has 1 aliphatic heterocycles. The monoisotopic (exact) mass is 328 g/mol. The van der Waals surface area contributed by atoms with Crippen molar-refractivity contribution in [3.63, 3.8) is 0 Å². The maximum atomic E-state index is 12.1. The number of esters is 2. The SMILES string of the molecule is COC(=O)c1ccc(COC(=O)[C@@H]2COc3ccccc3O2)cc1. The predicted octanol–water partition coefficient (Wildman–Crippen LogP) is 2.36. The van der Waals surface area contributed by atoms with Gasteiger partial charge in [0.15, 0.2) is 11.5 Å². The number of fused-ring (bicyclic) bond motifs is 1. The third kappa shape index (κ3) is 3.48. The van der Waals surface area contributed by atoms with Crippen molar-refractivity contribution in [2.45, 2.75) is 12.7 Å². The van der Waals surface area contributed by atoms with Gasteiger partial charge in [0.1, 0.15) is 13.2 Å². The lowest BCUT2D eigenvalue weighted by molar-refractivity contribution is -0.155. The molecule has 2 aromatic carbocycles. The number of para-hydroxylation sites is 2. The second kappa shape index (κ2) is 7.04. The fraction of sp³-hybridized carbons (Fsp3) is 0.222. The van der Waals surface area contributed by atoms with Crippen LogP contribution in [0.4, 0.5) is 0 Å². The summed E-state index contributed by atoms with van der Waals surface area (Å²) in [5.41, 5.74) is 1.20. The molecule has 0 aromatic heterocycles. The van der Waals surface area contributed by atoms with Crippen molar-refractivity contribution in [1.29, 1.82) is 0 Å². The largest absolute Gasteiger partial charge is 0.485 e. The van der Waals surface area contributed by atoms with E-state index >= 15 is 0 Å². The molecule has 1 aliphatic rings. The first kappa shape index (κ1) is 15.9. The Bertz CT molecular complexity index is 737. The minimum Gasteiger partial charge on any atom is -0.485 e. The van der Waals surface area contributed by atoms with E-state index in [1.165, 1.54) is 7.11 Å². The van der Waals surface area contributed by atoms with E-state index in [0.29, 0.717) is 17.1 Å². The number of hydrogen-bond donors (Lipinski definition) is 0. The molecule has 2 aromatic rings. The second-order valence-electron chi connectivity index (χ2n) is 5.16. The van der Waals surface area contributed by atoms with Gasteiger partial charge in [0.25, 0.3) is 0 Å². The third-order valence-corrected chi connectivity index (χ3v) is 3.53. The third-order valence-electron chi connectivity index (χ3n) is 3.53. The van der Waals surface area contributed by atoms with Gasteiger partial charge in [-0.05, 0) is 29.8 Å². The van der Waals surface area contributed by atoms with Crippen LogP contribution in [-0.2, 0) is 20.9 Å². The molecule has 3 rings (SSSR count). The van der Waals surface area contributed by atoms with E-state index in [9.17, 15) is 9.59 Å². The molecule has 6 nitrogen and oxygen atoms in total. The fourth-order valence-electron chi connectivity index (χ4n) is 2.24. The number of ether oxygens (including phenoxy) is 4. The predicted molar refractivity (Wildman–Crippen MR) is 83.9 cm³/mol. The molecule has 0 fully saturated rings. The van der Waals surface area contributed by atoms with E-state index < -0.39 is 18.0 Å². The Kier molecular flexibility index (Phi) is 4.65. The first-order valence-corrected chi connectivity index (χ1v) is 7.40. The zero-order valence-electron chi connectivity index (χ0n) is 13.1. The summed E-state index contributed by atoms with van der Waals surface area (Å²) >= 11 is 0. The first-order valence-electron chi connectivity index (χ1n) is 7.40. The summed E-state index contributed by atoms with van der Waals surface area (Å²) in [6.07, 6.45) is -0.797. The van der Waals surface area contributed by atoms with E-state index in [0.717, 1.165) is 5.56 Å². The molecular formula is C18H16O6. The van der Waals surface area contributed by atoms with Crippen LogP contribution in [0.1, 0.15) is 15.9 Å². The molecule has 0 spiro atoms. The highest BCUT2D eigenvalue weighted by Crippen LogP contribution is 2.31. The van der Waals surface area contributed by atoms with E-state index in [1.54, 1.807) is 42.5 Å². The van der Waals surface area contributed by atoms with Crippen LogP contribution in [0.25, 0.3) is 0 Å². The van der Waals surface area contributed by atoms with E-state index in [2.05, 4.69) is 4.74 Å². The summed E-state index contributed by atoms with van der Waals surface area (Å²) in [6.45, 7) is 0.193. The van der Waals surface area contributed by atoms with Crippen molar-refractivity contribution in [1.82, 2.24) is 0 Å². The van der Waals surface area contributed by atoms with Crippen molar-refractivity contribution in [2.75, 3.05) is 13.7 Å². The molecule has 6 heteroatoms. The van der Waals surface area contributed by atoms with Crippen LogP contribution in [0.3, 0.4) is 0 Å². The van der Waals surface area contributed by atoms with Crippen molar-refractivity contribution < 1.29 is 28.5 Å². The van der Waals surface area contributed by atoms with Crippen LogP contribution in [-0.4, -0.2) is 31.8 Å². The molecule has 1 heterocycles. The van der Waals surface area contributed by atoms with Crippen LogP contribution >= 0.6 is 0 Å². The highest BCUT2D eigenvalue weighted by molar-refractivity contribution is 5.89. The molecular weight excluding hydrogens is 312 g/mol. The summed E-state index contributed by atoms with van der Waals surface area (Å²) in [5.74, 6) is 0.222. The number of carbonyl (C=O) groups is 2. The van der Waals surface area contributed by atoms with Gasteiger partial charge in [-0.25, -0.2) is 9.59 Å². The standard InChI is InChI=1S/C18H16O6/c1-21-17(19)13-8-6-12(7-9-13)10-23-18(20)16-11-22-14-4-2-3-5-15(14)24-16/h2-9,16H,10-11H2,1H3/t16-/m0/s1. The minimum atomic E-state index is -0.797. The Labute approximate surface area is 138 Å². The van der Waals surface area contributed by atoms with Crippen LogP contribution in [0, 0.1) is 0 Å². The molecule has 0 N–H and O–H groups in total. The maximum absolute atomic E-state index is 12.1. The van der Waals surface area contributed by atoms with Crippen LogP contribution in [0.15, 0.2) is 48.5 Å². The highest BCUT2D eigenvalue weighted by Gasteiger charge is 2.28. The Balaban J connectivity index is 1.55. The van der Waals surface area contributed by atoms with Gasteiger partial charge in [-0.2, -0.15) is 0 Å². The van der Waals surface area contributed by atoms with Crippen molar-refractivity contribution in [3.05, 3.63) is 59.7 Å². The normalized spacial score (nSPS) is 15.5. The van der Waals surface area contributed by atoms with Crippen LogP contribution in [0.5, 0.6) is 11.5 Å². The number of benzene rings is 2. The van der Waals surface area contributed by atoms with Gasteiger partial charge in [-0.1, -0.05) is 24.3 Å². The number of rotatable bonds is 4. The molecule has 0 saturated heterocycles. The van der Waals surface area contributed by atoms with Gasteiger partial charge in [0.2, 0.25) is 6.10 Å². The first-order chi connectivity index (χ1) is 11.7. The summed E-state index contributed by atoms with van der Waals surface area (Å²) in [7, 11) is 1.32. The van der Waals surface area contributed by atoms with E-state index in [1.807, 2.05) is 6.07 Å². The Morgan fingerprint density at radius 1 is 1.08 bits per heavy atom. The zero-order valence-corrected chi connectivity index (χ0v) is 13.1. The molecule has 0 unspecified atom stereocenters. The summed E-state index contributed by atoms with van der Waals surface area (Å²) in [6, 6.07) is 13.8. The molecule has 24 heavy (non-hydrogen) atoms. The molecule has 124 valence electrons. The van der Waals surface area contributed by atoms with Gasteiger partial charge < -0.3 is 18.9 Å². The zero-order chi connectivity index (χ0) is 16.9. The lowest BCUT2D eigenvalue weighted by atomic mass is 10.1. The van der Waals surface area contributed by atoms with E-state index in [-0.39, 0.29) is 13.2 Å². The van der Waals surface area contributed by atoms with Crippen molar-refractivity contribution in [3.8, 4) is 11.5 Å². The number of carbonyl (C=O) groups excluding carboxylic acids is 2. The average Bonchev–Trinajstić information content (AvgIpc) is 2.65. The summed E-state index contributed by atoms with van der Waals surface area (Å²) < 4.78 is 20.9. The Morgan fingerprint density at radius 2 is 1.79 bits per heavy atom. The van der Waals surface area contributed by atoms with Gasteiger partial charge in [0.05, 0.1) is 12.7 Å². The molecule has 0 saturated carbocycles. The average molecular weight is 328 g/mol. The van der Waals surface area contributed by atoms with Crippen LogP contribution < -0.4 is 9.47 Å². The summed E-state index contributed by atoms with van der Waals surface area (Å²) in [4.78, 5) is 23.5. The fourth-order valence-corrected chi connectivity index (χ4v) is 2.24. The Morgan fingerprint density at radius 3 is 2.50 bits per heavy atom. The molecule has 0 bridgehead atoms. The number of methoxy groups -OCH3 is 1. The quantitative estimate of drug-likeness (QED) is 0.803. The smallest absolute Gasteiger partial charge is 0.351 e. The van der Waals surface area contributed by atoms with Crippen molar-refractivity contribution >= 4 is 11.9 Å². The van der Waals surface area contributed by atoms with Gasteiger partial charge in [0, 0.05) is 0 Å².